The fraction of sp³-hybridized carbons (Fsp3) is 0. The Kier molecular flexibility index (Phi) is 2.98. The highest BCUT2D eigenvalue weighted by atomic mass is 79.9. The lowest BCUT2D eigenvalue weighted by Gasteiger charge is -1.96. The van der Waals surface area contributed by atoms with Crippen molar-refractivity contribution < 1.29 is 8.42 Å². The van der Waals surface area contributed by atoms with Crippen molar-refractivity contribution in [2.45, 2.75) is 5.03 Å². The van der Waals surface area contributed by atoms with E-state index in [1.807, 2.05) is 0 Å². The molecular formula is C5H2BrCl2NO2S. The Balaban J connectivity index is 3.37. The van der Waals surface area contributed by atoms with Crippen LogP contribution in [-0.4, -0.2) is 13.4 Å². The summed E-state index contributed by atoms with van der Waals surface area (Å²) in [7, 11) is 1.23. The molecule has 0 saturated carbocycles. The van der Waals surface area contributed by atoms with Gasteiger partial charge in [-0.1, -0.05) is 11.6 Å². The lowest BCUT2D eigenvalue weighted by Crippen LogP contribution is -1.94. The Labute approximate surface area is 87.3 Å². The average molecular weight is 291 g/mol. The van der Waals surface area contributed by atoms with Gasteiger partial charge >= 0.3 is 0 Å². The van der Waals surface area contributed by atoms with Crippen LogP contribution >= 0.6 is 38.2 Å². The number of halogens is 3. The monoisotopic (exact) mass is 289 g/mol. The molecule has 7 heteroatoms. The summed E-state index contributed by atoms with van der Waals surface area (Å²) < 4.78 is 21.8. The Morgan fingerprint density at radius 3 is 2.42 bits per heavy atom. The molecular weight excluding hydrogens is 289 g/mol. The molecule has 0 radical (unpaired) electrons. The van der Waals surface area contributed by atoms with Crippen molar-refractivity contribution in [1.82, 2.24) is 4.98 Å². The summed E-state index contributed by atoms with van der Waals surface area (Å²) in [6.07, 6.45) is 0. The van der Waals surface area contributed by atoms with E-state index < -0.39 is 9.05 Å². The standard InChI is InChI=1S/C5H2BrCl2NO2S/c6-4-1-3(7)2-5(9-4)12(8,10)11/h1-2H. The molecule has 0 aliphatic carbocycles. The van der Waals surface area contributed by atoms with Crippen molar-refractivity contribution in [3.05, 3.63) is 21.8 Å². The summed E-state index contributed by atoms with van der Waals surface area (Å²) in [5.74, 6) is 0. The highest BCUT2D eigenvalue weighted by Gasteiger charge is 2.12. The van der Waals surface area contributed by atoms with Crippen molar-refractivity contribution in [3.63, 3.8) is 0 Å². The normalized spacial score (nSPS) is 11.6. The molecule has 3 nitrogen and oxygen atoms in total. The molecule has 0 aliphatic rings. The number of aromatic nitrogens is 1. The number of hydrogen-bond acceptors (Lipinski definition) is 3. The Morgan fingerprint density at radius 1 is 1.42 bits per heavy atom. The lowest BCUT2D eigenvalue weighted by molar-refractivity contribution is 0.606. The number of rotatable bonds is 1. The quantitative estimate of drug-likeness (QED) is 0.589. The molecule has 1 aromatic rings. The molecule has 0 unspecified atom stereocenters. The highest BCUT2D eigenvalue weighted by Crippen LogP contribution is 2.21. The number of pyridine rings is 1. The van der Waals surface area contributed by atoms with E-state index >= 15 is 0 Å². The molecule has 0 spiro atoms. The van der Waals surface area contributed by atoms with Crippen molar-refractivity contribution in [3.8, 4) is 0 Å². The van der Waals surface area contributed by atoms with E-state index in [2.05, 4.69) is 20.9 Å². The molecule has 0 aromatic carbocycles. The first kappa shape index (κ1) is 10.2. The smallest absolute Gasteiger partial charge is 0.228 e. The largest absolute Gasteiger partial charge is 0.278 e. The summed E-state index contributed by atoms with van der Waals surface area (Å²) >= 11 is 8.55. The molecule has 66 valence electrons. The number of nitrogens with zero attached hydrogens (tertiary/aromatic N) is 1. The van der Waals surface area contributed by atoms with Gasteiger partial charge in [0.15, 0.2) is 5.03 Å². The Bertz CT molecular complexity index is 386. The second kappa shape index (κ2) is 3.49. The first-order valence-electron chi connectivity index (χ1n) is 2.67. The van der Waals surface area contributed by atoms with Gasteiger partial charge in [0.05, 0.1) is 0 Å². The maximum atomic E-state index is 10.8. The summed E-state index contributed by atoms with van der Waals surface area (Å²) in [4.78, 5) is 3.62. The van der Waals surface area contributed by atoms with E-state index in [1.165, 1.54) is 12.1 Å². The fourth-order valence-electron chi connectivity index (χ4n) is 0.568. The molecule has 0 aliphatic heterocycles. The van der Waals surface area contributed by atoms with Crippen LogP contribution in [0.15, 0.2) is 21.8 Å². The Morgan fingerprint density at radius 2 is 2.00 bits per heavy atom. The highest BCUT2D eigenvalue weighted by molar-refractivity contribution is 9.10. The van der Waals surface area contributed by atoms with Crippen LogP contribution in [-0.2, 0) is 9.05 Å². The maximum Gasteiger partial charge on any atom is 0.278 e. The zero-order valence-corrected chi connectivity index (χ0v) is 9.37. The SMILES string of the molecule is O=S(=O)(Cl)c1cc(Cl)cc(Br)n1. The lowest BCUT2D eigenvalue weighted by atomic mass is 10.5. The van der Waals surface area contributed by atoms with Gasteiger partial charge in [0.1, 0.15) is 4.60 Å². The van der Waals surface area contributed by atoms with Crippen LogP contribution in [0, 0.1) is 0 Å². The zero-order chi connectivity index (χ0) is 9.35. The van der Waals surface area contributed by atoms with Gasteiger partial charge in [0, 0.05) is 15.7 Å². The number of hydrogen-bond donors (Lipinski definition) is 0. The molecule has 12 heavy (non-hydrogen) atoms. The van der Waals surface area contributed by atoms with E-state index in [4.69, 9.17) is 22.3 Å². The summed E-state index contributed by atoms with van der Waals surface area (Å²) in [6, 6.07) is 2.64. The molecule has 0 fully saturated rings. The van der Waals surface area contributed by atoms with Gasteiger partial charge in [0.2, 0.25) is 0 Å². The van der Waals surface area contributed by atoms with Crippen LogP contribution in [0.5, 0.6) is 0 Å². The third kappa shape index (κ3) is 2.58. The van der Waals surface area contributed by atoms with Crippen LogP contribution in [0.4, 0.5) is 0 Å². The zero-order valence-electron chi connectivity index (χ0n) is 5.46. The maximum absolute atomic E-state index is 10.8. The van der Waals surface area contributed by atoms with Gasteiger partial charge in [-0.2, -0.15) is 0 Å². The summed E-state index contributed by atoms with van der Waals surface area (Å²) in [6.45, 7) is 0. The van der Waals surface area contributed by atoms with E-state index in [9.17, 15) is 8.42 Å². The first-order chi connectivity index (χ1) is 5.39. The Hall–Kier alpha value is 0.160. The third-order valence-corrected chi connectivity index (χ3v) is 2.79. The second-order valence-electron chi connectivity index (χ2n) is 1.88. The molecule has 1 aromatic heterocycles. The van der Waals surface area contributed by atoms with Gasteiger partial charge in [0.25, 0.3) is 9.05 Å². The van der Waals surface area contributed by atoms with Gasteiger partial charge < -0.3 is 0 Å². The van der Waals surface area contributed by atoms with Crippen LogP contribution in [0.1, 0.15) is 0 Å². The predicted molar refractivity (Wildman–Crippen MR) is 50.0 cm³/mol. The van der Waals surface area contributed by atoms with Gasteiger partial charge in [-0.25, -0.2) is 13.4 Å². The third-order valence-electron chi connectivity index (χ3n) is 0.985. The second-order valence-corrected chi connectivity index (χ2v) is 5.65. The van der Waals surface area contributed by atoms with Crippen LogP contribution in [0.25, 0.3) is 0 Å². The van der Waals surface area contributed by atoms with Crippen LogP contribution in [0.3, 0.4) is 0 Å². The van der Waals surface area contributed by atoms with Gasteiger partial charge in [-0.05, 0) is 28.1 Å². The van der Waals surface area contributed by atoms with Gasteiger partial charge in [-0.3, -0.25) is 0 Å². The van der Waals surface area contributed by atoms with E-state index in [1.54, 1.807) is 0 Å². The van der Waals surface area contributed by atoms with Crippen molar-refractivity contribution >= 4 is 47.3 Å². The van der Waals surface area contributed by atoms with E-state index in [0.717, 1.165) is 0 Å². The van der Waals surface area contributed by atoms with Crippen molar-refractivity contribution in [2.24, 2.45) is 0 Å². The molecule has 0 N–H and O–H groups in total. The van der Waals surface area contributed by atoms with E-state index in [0.29, 0.717) is 4.60 Å². The predicted octanol–water partition coefficient (Wildman–Crippen LogP) is 2.42. The summed E-state index contributed by atoms with van der Waals surface area (Å²) in [5.41, 5.74) is 0. The first-order valence-corrected chi connectivity index (χ1v) is 6.15. The average Bonchev–Trinajstić information content (AvgIpc) is 1.82. The van der Waals surface area contributed by atoms with Crippen molar-refractivity contribution in [1.29, 1.82) is 0 Å². The van der Waals surface area contributed by atoms with Crippen molar-refractivity contribution in [2.75, 3.05) is 0 Å². The molecule has 0 atom stereocenters. The summed E-state index contributed by atoms with van der Waals surface area (Å²) in [5, 5.41) is -0.000332. The van der Waals surface area contributed by atoms with E-state index in [-0.39, 0.29) is 10.0 Å². The molecule has 1 heterocycles. The minimum Gasteiger partial charge on any atom is -0.228 e. The fourth-order valence-corrected chi connectivity index (χ4v) is 2.24. The molecule has 0 amide bonds. The minimum absolute atomic E-state index is 0.260. The van der Waals surface area contributed by atoms with Gasteiger partial charge in [-0.15, -0.1) is 0 Å². The molecule has 0 bridgehead atoms. The molecule has 1 rings (SSSR count). The van der Waals surface area contributed by atoms with Crippen LogP contribution in [0.2, 0.25) is 5.02 Å². The van der Waals surface area contributed by atoms with Crippen LogP contribution < -0.4 is 0 Å². The minimum atomic E-state index is -3.80. The molecule has 0 saturated heterocycles. The topological polar surface area (TPSA) is 47.0 Å².